The Morgan fingerprint density at radius 1 is 1.00 bits per heavy atom. The highest BCUT2D eigenvalue weighted by Crippen LogP contribution is 2.26. The molecule has 1 unspecified atom stereocenters. The quantitative estimate of drug-likeness (QED) is 0.675. The minimum atomic E-state index is -0.239. The molecular weight excluding hydrogens is 279 g/mol. The van der Waals surface area contributed by atoms with E-state index in [2.05, 4.69) is 24.0 Å². The van der Waals surface area contributed by atoms with Crippen molar-refractivity contribution in [2.45, 2.75) is 26.2 Å². The van der Waals surface area contributed by atoms with Gasteiger partial charge in [0, 0.05) is 11.5 Å². The van der Waals surface area contributed by atoms with Gasteiger partial charge in [0.05, 0.1) is 0 Å². The lowest BCUT2D eigenvalue weighted by Crippen LogP contribution is -1.90. The molecule has 0 saturated heterocycles. The van der Waals surface area contributed by atoms with Crippen molar-refractivity contribution in [2.24, 2.45) is 0 Å². The number of nitrogens with zero attached hydrogens (tertiary/aromatic N) is 2. The molecule has 1 heterocycles. The van der Waals surface area contributed by atoms with Crippen molar-refractivity contribution < 1.29 is 8.81 Å². The molecule has 3 rings (SSSR count). The molecule has 0 spiro atoms. The molecule has 0 aliphatic heterocycles. The summed E-state index contributed by atoms with van der Waals surface area (Å²) in [5.41, 5.74) is 2.66. The highest BCUT2D eigenvalue weighted by Gasteiger charge is 2.13. The van der Waals surface area contributed by atoms with Gasteiger partial charge in [-0.2, -0.15) is 0 Å². The van der Waals surface area contributed by atoms with Gasteiger partial charge in [0.2, 0.25) is 11.8 Å². The Hall–Kier alpha value is -2.49. The summed E-state index contributed by atoms with van der Waals surface area (Å²) in [6.45, 7) is 4.15. The third-order valence-electron chi connectivity index (χ3n) is 3.76. The minimum absolute atomic E-state index is 0.239. The zero-order valence-corrected chi connectivity index (χ0v) is 12.6. The zero-order chi connectivity index (χ0) is 15.5. The molecule has 0 aliphatic rings. The molecular formula is C18H17FN2O. The molecule has 0 aliphatic carbocycles. The van der Waals surface area contributed by atoms with Gasteiger partial charge in [-0.15, -0.1) is 10.2 Å². The maximum atomic E-state index is 13.3. The van der Waals surface area contributed by atoms with Crippen LogP contribution in [0.4, 0.5) is 4.39 Å². The van der Waals surface area contributed by atoms with Gasteiger partial charge < -0.3 is 4.42 Å². The van der Waals surface area contributed by atoms with Crippen molar-refractivity contribution in [1.82, 2.24) is 10.2 Å². The van der Waals surface area contributed by atoms with Gasteiger partial charge >= 0.3 is 0 Å². The summed E-state index contributed by atoms with van der Waals surface area (Å²) < 4.78 is 19.0. The molecule has 0 bridgehead atoms. The van der Waals surface area contributed by atoms with E-state index in [4.69, 9.17) is 4.42 Å². The third-order valence-corrected chi connectivity index (χ3v) is 3.76. The smallest absolute Gasteiger partial charge is 0.247 e. The van der Waals surface area contributed by atoms with E-state index in [1.165, 1.54) is 12.1 Å². The van der Waals surface area contributed by atoms with E-state index in [0.717, 1.165) is 23.1 Å². The van der Waals surface area contributed by atoms with Gasteiger partial charge in [-0.25, -0.2) is 4.39 Å². The predicted octanol–water partition coefficient (Wildman–Crippen LogP) is 5.06. The Labute approximate surface area is 128 Å². The lowest BCUT2D eigenvalue weighted by Gasteiger charge is -2.03. The van der Waals surface area contributed by atoms with Gasteiger partial charge in [0.25, 0.3) is 0 Å². The molecule has 22 heavy (non-hydrogen) atoms. The number of rotatable bonds is 4. The Bertz CT molecular complexity index is 765. The first-order valence-corrected chi connectivity index (χ1v) is 7.37. The molecule has 0 saturated carbocycles. The van der Waals surface area contributed by atoms with Crippen molar-refractivity contribution in [2.75, 3.05) is 0 Å². The Morgan fingerprint density at radius 2 is 1.73 bits per heavy atom. The number of aromatic nitrogens is 2. The second kappa shape index (κ2) is 6.10. The van der Waals surface area contributed by atoms with Crippen LogP contribution in [0.3, 0.4) is 0 Å². The first-order valence-electron chi connectivity index (χ1n) is 7.37. The molecule has 1 aromatic heterocycles. The largest absolute Gasteiger partial charge is 0.420 e. The Morgan fingerprint density at radius 3 is 2.41 bits per heavy atom. The lowest BCUT2D eigenvalue weighted by atomic mass is 10.0. The van der Waals surface area contributed by atoms with Crippen LogP contribution in [0.2, 0.25) is 0 Å². The van der Waals surface area contributed by atoms with Gasteiger partial charge in [0.1, 0.15) is 5.82 Å². The van der Waals surface area contributed by atoms with Crippen LogP contribution in [-0.2, 0) is 0 Å². The van der Waals surface area contributed by atoms with Crippen molar-refractivity contribution >= 4 is 0 Å². The molecule has 0 fully saturated rings. The summed E-state index contributed by atoms with van der Waals surface area (Å²) in [4.78, 5) is 0. The van der Waals surface area contributed by atoms with E-state index in [-0.39, 0.29) is 11.7 Å². The van der Waals surface area contributed by atoms with Crippen LogP contribution in [0.15, 0.2) is 52.9 Å². The average Bonchev–Trinajstić information content (AvgIpc) is 3.04. The standard InChI is InChI=1S/C18H17FN2O/c1-3-12(2)17-20-21-18(22-17)14-9-7-13(8-10-14)15-5-4-6-16(19)11-15/h4-12H,3H2,1-2H3. The summed E-state index contributed by atoms with van der Waals surface area (Å²) in [5.74, 6) is 1.19. The SMILES string of the molecule is CCC(C)c1nnc(-c2ccc(-c3cccc(F)c3)cc2)o1. The lowest BCUT2D eigenvalue weighted by molar-refractivity contribution is 0.462. The Balaban J connectivity index is 1.86. The molecule has 3 nitrogen and oxygen atoms in total. The first kappa shape index (κ1) is 14.4. The second-order valence-electron chi connectivity index (χ2n) is 5.34. The van der Waals surface area contributed by atoms with Crippen molar-refractivity contribution in [3.05, 3.63) is 60.2 Å². The van der Waals surface area contributed by atoms with Gasteiger partial charge in [0.15, 0.2) is 0 Å². The molecule has 0 N–H and O–H groups in total. The zero-order valence-electron chi connectivity index (χ0n) is 12.6. The predicted molar refractivity (Wildman–Crippen MR) is 83.8 cm³/mol. The van der Waals surface area contributed by atoms with Crippen molar-refractivity contribution in [1.29, 1.82) is 0 Å². The maximum absolute atomic E-state index is 13.3. The fraction of sp³-hybridized carbons (Fsp3) is 0.222. The fourth-order valence-corrected chi connectivity index (χ4v) is 2.20. The van der Waals surface area contributed by atoms with Crippen molar-refractivity contribution in [3.63, 3.8) is 0 Å². The Kier molecular flexibility index (Phi) is 4.00. The van der Waals surface area contributed by atoms with E-state index >= 15 is 0 Å². The highest BCUT2D eigenvalue weighted by atomic mass is 19.1. The fourth-order valence-electron chi connectivity index (χ4n) is 2.20. The third kappa shape index (κ3) is 2.91. The second-order valence-corrected chi connectivity index (χ2v) is 5.34. The van der Waals surface area contributed by atoms with E-state index < -0.39 is 0 Å². The van der Waals surface area contributed by atoms with Crippen LogP contribution in [-0.4, -0.2) is 10.2 Å². The van der Waals surface area contributed by atoms with Crippen LogP contribution in [0.25, 0.3) is 22.6 Å². The molecule has 4 heteroatoms. The molecule has 1 atom stereocenters. The van der Waals surface area contributed by atoms with Gasteiger partial charge in [-0.05, 0) is 41.8 Å². The summed E-state index contributed by atoms with van der Waals surface area (Å²) in [5, 5.41) is 8.18. The first-order chi connectivity index (χ1) is 10.7. The number of halogens is 1. The van der Waals surface area contributed by atoms with Crippen LogP contribution < -0.4 is 0 Å². The highest BCUT2D eigenvalue weighted by molar-refractivity contribution is 5.67. The van der Waals surface area contributed by atoms with E-state index in [9.17, 15) is 4.39 Å². The summed E-state index contributed by atoms with van der Waals surface area (Å²) in [6, 6.07) is 14.2. The van der Waals surface area contributed by atoms with Gasteiger partial charge in [-0.3, -0.25) is 0 Å². The number of benzene rings is 2. The molecule has 0 amide bonds. The monoisotopic (exact) mass is 296 g/mol. The molecule has 3 aromatic rings. The van der Waals surface area contributed by atoms with Crippen LogP contribution in [0.5, 0.6) is 0 Å². The van der Waals surface area contributed by atoms with Crippen LogP contribution in [0, 0.1) is 5.82 Å². The van der Waals surface area contributed by atoms with E-state index in [0.29, 0.717) is 11.8 Å². The summed E-state index contributed by atoms with van der Waals surface area (Å²) in [7, 11) is 0. The summed E-state index contributed by atoms with van der Waals surface area (Å²) >= 11 is 0. The molecule has 0 radical (unpaired) electrons. The maximum Gasteiger partial charge on any atom is 0.247 e. The summed E-state index contributed by atoms with van der Waals surface area (Å²) in [6.07, 6.45) is 0.958. The normalized spacial score (nSPS) is 12.3. The minimum Gasteiger partial charge on any atom is -0.420 e. The topological polar surface area (TPSA) is 38.9 Å². The van der Waals surface area contributed by atoms with Crippen molar-refractivity contribution in [3.8, 4) is 22.6 Å². The molecule has 112 valence electrons. The number of hydrogen-bond acceptors (Lipinski definition) is 3. The molecule has 2 aromatic carbocycles. The average molecular weight is 296 g/mol. The number of hydrogen-bond donors (Lipinski definition) is 0. The van der Waals surface area contributed by atoms with Crippen LogP contribution >= 0.6 is 0 Å². The van der Waals surface area contributed by atoms with E-state index in [1.807, 2.05) is 30.3 Å². The van der Waals surface area contributed by atoms with Gasteiger partial charge in [-0.1, -0.05) is 38.1 Å². The van der Waals surface area contributed by atoms with E-state index in [1.54, 1.807) is 6.07 Å². The van der Waals surface area contributed by atoms with Crippen LogP contribution in [0.1, 0.15) is 32.1 Å².